The Balaban J connectivity index is 1.23. The second kappa shape index (κ2) is 10.8. The molecule has 1 N–H and O–H groups in total. The maximum atomic E-state index is 13.5. The first-order chi connectivity index (χ1) is 18.9. The van der Waals surface area contributed by atoms with Gasteiger partial charge >= 0.3 is 0 Å². The Bertz CT molecular complexity index is 1560. The lowest BCUT2D eigenvalue weighted by molar-refractivity contribution is 0.248. The lowest BCUT2D eigenvalue weighted by atomic mass is 10.1. The Labute approximate surface area is 235 Å². The van der Waals surface area contributed by atoms with Crippen LogP contribution in [0.5, 0.6) is 0 Å². The maximum absolute atomic E-state index is 13.5. The molecular formula is C29H31ClN6O2S. The van der Waals surface area contributed by atoms with E-state index in [1.54, 1.807) is 41.3 Å². The Kier molecular flexibility index (Phi) is 7.24. The van der Waals surface area contributed by atoms with Crippen molar-refractivity contribution in [1.82, 2.24) is 19.4 Å². The number of halogens is 1. The van der Waals surface area contributed by atoms with Gasteiger partial charge in [0.15, 0.2) is 4.90 Å². The molecular weight excluding hydrogens is 532 g/mol. The summed E-state index contributed by atoms with van der Waals surface area (Å²) < 4.78 is 13.5. The third-order valence-electron chi connectivity index (χ3n) is 7.57. The molecule has 0 bridgehead atoms. The van der Waals surface area contributed by atoms with Gasteiger partial charge in [0, 0.05) is 78.9 Å². The van der Waals surface area contributed by atoms with Crippen LogP contribution in [0.1, 0.15) is 19.8 Å². The number of fused-ring (bicyclic) bond motifs is 1. The molecule has 2 aliphatic rings. The highest BCUT2D eigenvalue weighted by Gasteiger charge is 2.31. The number of anilines is 3. The fraction of sp³-hybridized carbons (Fsp3) is 0.345. The van der Waals surface area contributed by atoms with Crippen LogP contribution in [0.25, 0.3) is 22.2 Å². The van der Waals surface area contributed by atoms with Crippen LogP contribution < -0.4 is 15.8 Å². The van der Waals surface area contributed by atoms with Gasteiger partial charge in [0.25, 0.3) is 5.56 Å². The highest BCUT2D eigenvalue weighted by atomic mass is 35.5. The van der Waals surface area contributed by atoms with E-state index in [1.165, 1.54) is 18.5 Å². The largest absolute Gasteiger partial charge is 0.612 e. The minimum absolute atomic E-state index is 0.187. The number of hydrogen-bond acceptors (Lipinski definition) is 7. The van der Waals surface area contributed by atoms with Crippen LogP contribution in [0.4, 0.5) is 17.3 Å². The molecule has 1 aliphatic heterocycles. The van der Waals surface area contributed by atoms with E-state index in [0.29, 0.717) is 39.2 Å². The van der Waals surface area contributed by atoms with Crippen molar-refractivity contribution in [3.8, 4) is 11.1 Å². The molecule has 4 aromatic rings. The van der Waals surface area contributed by atoms with Gasteiger partial charge in [-0.1, -0.05) is 11.6 Å². The van der Waals surface area contributed by atoms with Gasteiger partial charge in [-0.15, -0.1) is 0 Å². The maximum Gasteiger partial charge on any atom is 0.260 e. The highest BCUT2D eigenvalue weighted by Crippen LogP contribution is 2.31. The Morgan fingerprint density at radius 2 is 1.79 bits per heavy atom. The summed E-state index contributed by atoms with van der Waals surface area (Å²) in [5, 5.41) is 4.40. The second-order valence-corrected chi connectivity index (χ2v) is 11.9. The lowest BCUT2D eigenvalue weighted by Gasteiger charge is -2.36. The summed E-state index contributed by atoms with van der Waals surface area (Å²) in [5.74, 6) is 0.426. The molecule has 3 heterocycles. The quantitative estimate of drug-likeness (QED) is 0.321. The molecule has 0 radical (unpaired) electrons. The summed E-state index contributed by atoms with van der Waals surface area (Å²) in [6.45, 7) is 6.73. The summed E-state index contributed by atoms with van der Waals surface area (Å²) >= 11 is 5.34. The number of nitrogens with zero attached hydrogens (tertiary/aromatic N) is 5. The van der Waals surface area contributed by atoms with Gasteiger partial charge < -0.3 is 14.8 Å². The normalized spacial score (nSPS) is 17.0. The number of aromatic nitrogens is 3. The van der Waals surface area contributed by atoms with Crippen molar-refractivity contribution in [3.63, 3.8) is 0 Å². The minimum atomic E-state index is -1.16. The molecule has 1 unspecified atom stereocenters. The van der Waals surface area contributed by atoms with E-state index < -0.39 is 11.2 Å². The van der Waals surface area contributed by atoms with Crippen LogP contribution >= 0.6 is 11.6 Å². The number of rotatable bonds is 7. The van der Waals surface area contributed by atoms with Gasteiger partial charge in [0.2, 0.25) is 5.95 Å². The summed E-state index contributed by atoms with van der Waals surface area (Å²) in [6, 6.07) is 16.1. The fourth-order valence-electron chi connectivity index (χ4n) is 5.27. The number of piperazine rings is 1. The standard InChI is InChI=1S/C29H31ClN6O2S/c1-3-36-27-19(16-25(28(36)37)24-11-10-23(39(2)38)17-26(24)30)18-31-29(33-27)32-20-4-6-21(7-5-20)34-12-14-35(15-13-34)22-8-9-22/h4-7,10-11,16-18,22H,3,8-9,12-15H2,1-2H3,(H,31,32,33). The van der Waals surface area contributed by atoms with E-state index >= 15 is 0 Å². The minimum Gasteiger partial charge on any atom is -0.612 e. The van der Waals surface area contributed by atoms with Gasteiger partial charge in [0.1, 0.15) is 11.9 Å². The first-order valence-electron chi connectivity index (χ1n) is 13.3. The SMILES string of the molecule is CCn1c(=O)c(-c2ccc([S+](C)[O-])cc2Cl)cc2cnc(Nc3ccc(N4CCN(C5CC5)CC4)cc3)nc21. The third-order valence-corrected chi connectivity index (χ3v) is 8.80. The molecule has 1 saturated carbocycles. The van der Waals surface area contributed by atoms with E-state index in [2.05, 4.69) is 32.2 Å². The van der Waals surface area contributed by atoms with E-state index in [9.17, 15) is 9.35 Å². The summed E-state index contributed by atoms with van der Waals surface area (Å²) in [7, 11) is 0. The molecule has 6 rings (SSSR count). The van der Waals surface area contributed by atoms with Crippen LogP contribution in [0, 0.1) is 0 Å². The third kappa shape index (κ3) is 5.36. The summed E-state index contributed by atoms with van der Waals surface area (Å²) in [6.07, 6.45) is 6.03. The Hall–Kier alpha value is -3.11. The molecule has 2 aromatic carbocycles. The molecule has 0 spiro atoms. The van der Waals surface area contributed by atoms with E-state index in [-0.39, 0.29) is 5.56 Å². The number of benzene rings is 2. The van der Waals surface area contributed by atoms with Crippen LogP contribution in [0.3, 0.4) is 0 Å². The van der Waals surface area contributed by atoms with Gasteiger partial charge in [-0.25, -0.2) is 4.98 Å². The second-order valence-electron chi connectivity index (χ2n) is 10.1. The van der Waals surface area contributed by atoms with Crippen LogP contribution in [0.2, 0.25) is 5.02 Å². The first-order valence-corrected chi connectivity index (χ1v) is 15.2. The van der Waals surface area contributed by atoms with Crippen LogP contribution in [-0.2, 0) is 17.7 Å². The monoisotopic (exact) mass is 562 g/mol. The number of nitrogens with one attached hydrogen (secondary N) is 1. The van der Waals surface area contributed by atoms with Crippen molar-refractivity contribution in [1.29, 1.82) is 0 Å². The van der Waals surface area contributed by atoms with Crippen molar-refractivity contribution >= 4 is 51.1 Å². The lowest BCUT2D eigenvalue weighted by Crippen LogP contribution is -2.47. The van der Waals surface area contributed by atoms with Crippen molar-refractivity contribution in [3.05, 3.63) is 70.1 Å². The molecule has 2 aromatic heterocycles. The van der Waals surface area contributed by atoms with Gasteiger partial charge in [-0.2, -0.15) is 4.98 Å². The fourth-order valence-corrected chi connectivity index (χ4v) is 6.16. The van der Waals surface area contributed by atoms with Gasteiger partial charge in [0.05, 0.1) is 5.02 Å². The summed E-state index contributed by atoms with van der Waals surface area (Å²) in [4.78, 5) is 28.3. The zero-order valence-corrected chi connectivity index (χ0v) is 23.6. The predicted molar refractivity (Wildman–Crippen MR) is 159 cm³/mol. The number of aryl methyl sites for hydroxylation is 1. The predicted octanol–water partition coefficient (Wildman–Crippen LogP) is 4.90. The number of hydrogen-bond donors (Lipinski definition) is 1. The van der Waals surface area contributed by atoms with Gasteiger partial charge in [-0.3, -0.25) is 14.3 Å². The van der Waals surface area contributed by atoms with E-state index in [0.717, 1.165) is 43.3 Å². The highest BCUT2D eigenvalue weighted by molar-refractivity contribution is 7.90. The molecule has 10 heteroatoms. The smallest absolute Gasteiger partial charge is 0.260 e. The molecule has 1 aliphatic carbocycles. The summed E-state index contributed by atoms with van der Waals surface area (Å²) in [5.41, 5.74) is 3.53. The topological polar surface area (TPSA) is 89.3 Å². The molecule has 202 valence electrons. The zero-order valence-electron chi connectivity index (χ0n) is 22.1. The van der Waals surface area contributed by atoms with Crippen molar-refractivity contribution in [2.24, 2.45) is 0 Å². The van der Waals surface area contributed by atoms with Crippen LogP contribution in [0.15, 0.2) is 64.4 Å². The molecule has 0 amide bonds. The van der Waals surface area contributed by atoms with E-state index in [4.69, 9.17) is 16.6 Å². The zero-order chi connectivity index (χ0) is 27.1. The average molecular weight is 563 g/mol. The van der Waals surface area contributed by atoms with Gasteiger partial charge in [-0.05, 0) is 73.4 Å². The molecule has 8 nitrogen and oxygen atoms in total. The van der Waals surface area contributed by atoms with E-state index in [1.807, 2.05) is 19.1 Å². The molecule has 39 heavy (non-hydrogen) atoms. The Morgan fingerprint density at radius 3 is 2.44 bits per heavy atom. The Morgan fingerprint density at radius 1 is 1.05 bits per heavy atom. The van der Waals surface area contributed by atoms with Crippen molar-refractivity contribution < 1.29 is 4.55 Å². The first kappa shape index (κ1) is 26.1. The molecule has 2 fully saturated rings. The van der Waals surface area contributed by atoms with Crippen molar-refractivity contribution in [2.75, 3.05) is 42.7 Å². The van der Waals surface area contributed by atoms with Crippen LogP contribution in [-0.4, -0.2) is 62.5 Å². The van der Waals surface area contributed by atoms with Crippen molar-refractivity contribution in [2.45, 2.75) is 37.2 Å². The number of pyridine rings is 1. The molecule has 1 atom stereocenters. The average Bonchev–Trinajstić information content (AvgIpc) is 3.79. The molecule has 1 saturated heterocycles.